The van der Waals surface area contributed by atoms with Gasteiger partial charge in [-0.25, -0.2) is 0 Å². The summed E-state index contributed by atoms with van der Waals surface area (Å²) in [5.41, 5.74) is 1.04. The largest absolute Gasteiger partial charge is 0.497 e. The highest BCUT2D eigenvalue weighted by Gasteiger charge is 2.38. The van der Waals surface area contributed by atoms with Crippen LogP contribution < -0.4 is 10.1 Å². The Morgan fingerprint density at radius 2 is 2.17 bits per heavy atom. The lowest BCUT2D eigenvalue weighted by Gasteiger charge is -2.16. The molecule has 0 bridgehead atoms. The van der Waals surface area contributed by atoms with Crippen LogP contribution in [-0.4, -0.2) is 55.7 Å². The zero-order valence-electron chi connectivity index (χ0n) is 13.6. The van der Waals surface area contributed by atoms with E-state index in [-0.39, 0.29) is 30.3 Å². The van der Waals surface area contributed by atoms with E-state index in [1.54, 1.807) is 19.1 Å². The second kappa shape index (κ2) is 7.97. The molecule has 0 aliphatic carbocycles. The third kappa shape index (κ3) is 4.22. The summed E-state index contributed by atoms with van der Waals surface area (Å²) in [6, 6.07) is 7.65. The van der Waals surface area contributed by atoms with Crippen LogP contribution in [0, 0.1) is 11.8 Å². The number of methoxy groups -OCH3 is 1. The lowest BCUT2D eigenvalue weighted by molar-refractivity contribution is -0.130. The molecule has 0 unspecified atom stereocenters. The Morgan fingerprint density at radius 3 is 2.83 bits per heavy atom. The van der Waals surface area contributed by atoms with E-state index in [4.69, 9.17) is 4.74 Å². The van der Waals surface area contributed by atoms with Gasteiger partial charge in [0.2, 0.25) is 11.8 Å². The fourth-order valence-corrected chi connectivity index (χ4v) is 2.98. The first-order chi connectivity index (χ1) is 11.1. The number of likely N-dealkylation sites (tertiary alicyclic amines) is 1. The maximum absolute atomic E-state index is 12.4. The molecule has 126 valence electrons. The van der Waals surface area contributed by atoms with Crippen molar-refractivity contribution < 1.29 is 19.4 Å². The summed E-state index contributed by atoms with van der Waals surface area (Å²) in [5, 5.41) is 12.0. The van der Waals surface area contributed by atoms with E-state index in [1.165, 1.54) is 0 Å². The first-order valence-electron chi connectivity index (χ1n) is 7.82. The second-order valence-corrected chi connectivity index (χ2v) is 5.81. The van der Waals surface area contributed by atoms with Crippen LogP contribution in [0.25, 0.3) is 0 Å². The maximum atomic E-state index is 12.4. The van der Waals surface area contributed by atoms with Gasteiger partial charge >= 0.3 is 0 Å². The van der Waals surface area contributed by atoms with Crippen molar-refractivity contribution >= 4 is 11.8 Å². The molecule has 0 aromatic heterocycles. The fourth-order valence-electron chi connectivity index (χ4n) is 2.98. The molecule has 1 aliphatic heterocycles. The number of nitrogens with zero attached hydrogens (tertiary/aromatic N) is 1. The summed E-state index contributed by atoms with van der Waals surface area (Å²) in [4.78, 5) is 25.9. The minimum absolute atomic E-state index is 0.0117. The summed E-state index contributed by atoms with van der Waals surface area (Å²) >= 11 is 0. The van der Waals surface area contributed by atoms with Gasteiger partial charge in [-0.15, -0.1) is 0 Å². The molecule has 2 N–H and O–H groups in total. The number of carbonyl (C=O) groups excluding carboxylic acids is 2. The van der Waals surface area contributed by atoms with Gasteiger partial charge in [0.05, 0.1) is 13.0 Å². The van der Waals surface area contributed by atoms with E-state index in [1.807, 2.05) is 24.3 Å². The molecule has 1 fully saturated rings. The van der Waals surface area contributed by atoms with Crippen molar-refractivity contribution in [3.05, 3.63) is 29.8 Å². The number of carbonyl (C=O) groups is 2. The minimum Gasteiger partial charge on any atom is -0.497 e. The monoisotopic (exact) mass is 320 g/mol. The highest BCUT2D eigenvalue weighted by Crippen LogP contribution is 2.24. The first-order valence-corrected chi connectivity index (χ1v) is 7.82. The Bertz CT molecular complexity index is 561. The average molecular weight is 320 g/mol. The van der Waals surface area contributed by atoms with Gasteiger partial charge in [0.1, 0.15) is 5.75 Å². The van der Waals surface area contributed by atoms with Crippen LogP contribution in [0.3, 0.4) is 0 Å². The molecule has 6 nitrogen and oxygen atoms in total. The number of amides is 2. The van der Waals surface area contributed by atoms with Crippen molar-refractivity contribution in [1.29, 1.82) is 0 Å². The van der Waals surface area contributed by atoms with Gasteiger partial charge in [-0.2, -0.15) is 0 Å². The van der Waals surface area contributed by atoms with Crippen molar-refractivity contribution in [3.8, 4) is 5.75 Å². The Morgan fingerprint density at radius 1 is 1.39 bits per heavy atom. The topological polar surface area (TPSA) is 78.9 Å². The quantitative estimate of drug-likeness (QED) is 0.797. The van der Waals surface area contributed by atoms with Gasteiger partial charge in [0.25, 0.3) is 0 Å². The van der Waals surface area contributed by atoms with E-state index in [9.17, 15) is 14.7 Å². The Kier molecular flexibility index (Phi) is 5.98. The molecule has 1 aromatic carbocycles. The third-order valence-corrected chi connectivity index (χ3v) is 4.37. The molecule has 6 heteroatoms. The van der Waals surface area contributed by atoms with Crippen molar-refractivity contribution in [2.75, 3.05) is 33.9 Å². The van der Waals surface area contributed by atoms with Gasteiger partial charge in [-0.05, 0) is 24.1 Å². The predicted octanol–water partition coefficient (Wildman–Crippen LogP) is 0.441. The summed E-state index contributed by atoms with van der Waals surface area (Å²) in [7, 11) is 3.19. The van der Waals surface area contributed by atoms with Crippen molar-refractivity contribution in [2.45, 2.75) is 12.8 Å². The van der Waals surface area contributed by atoms with Crippen molar-refractivity contribution in [3.63, 3.8) is 0 Å². The number of hydrogen-bond acceptors (Lipinski definition) is 4. The van der Waals surface area contributed by atoms with Crippen LogP contribution in [-0.2, 0) is 16.0 Å². The molecule has 1 aromatic rings. The lowest BCUT2D eigenvalue weighted by Crippen LogP contribution is -2.34. The molecular formula is C17H24N2O4. The standard InChI is InChI=1S/C17H24N2O4/c1-18-17(22)15-10-19(9-13(15)11-20)16(21)7-6-12-4-3-5-14(8-12)23-2/h3-5,8,13,15,20H,6-7,9-11H2,1-2H3,(H,18,22)/t13-,15+/m0/s1. The van der Waals surface area contributed by atoms with Crippen molar-refractivity contribution in [1.82, 2.24) is 10.2 Å². The van der Waals surface area contributed by atoms with E-state index >= 15 is 0 Å². The van der Waals surface area contributed by atoms with Crippen LogP contribution in [0.5, 0.6) is 5.75 Å². The van der Waals surface area contributed by atoms with Gasteiger partial charge in [-0.3, -0.25) is 9.59 Å². The Hall–Kier alpha value is -2.08. The lowest BCUT2D eigenvalue weighted by atomic mass is 9.96. The van der Waals surface area contributed by atoms with E-state index < -0.39 is 0 Å². The molecule has 2 rings (SSSR count). The number of ether oxygens (including phenoxy) is 1. The summed E-state index contributed by atoms with van der Waals surface area (Å²) in [6.45, 7) is 0.727. The molecule has 0 saturated carbocycles. The number of nitrogens with one attached hydrogen (secondary N) is 1. The molecular weight excluding hydrogens is 296 g/mol. The molecule has 23 heavy (non-hydrogen) atoms. The van der Waals surface area contributed by atoms with Crippen LogP contribution in [0.4, 0.5) is 0 Å². The molecule has 0 spiro atoms. The van der Waals surface area contributed by atoms with Gasteiger partial charge in [0, 0.05) is 39.1 Å². The predicted molar refractivity (Wildman–Crippen MR) is 86.0 cm³/mol. The van der Waals surface area contributed by atoms with Crippen LogP contribution >= 0.6 is 0 Å². The molecule has 2 amide bonds. The first kappa shape index (κ1) is 17.3. The summed E-state index contributed by atoms with van der Waals surface area (Å²) in [6.07, 6.45) is 1.01. The molecule has 1 aliphatic rings. The van der Waals surface area contributed by atoms with Gasteiger partial charge in [-0.1, -0.05) is 12.1 Å². The summed E-state index contributed by atoms with van der Waals surface area (Å²) < 4.78 is 5.18. The second-order valence-electron chi connectivity index (χ2n) is 5.81. The zero-order chi connectivity index (χ0) is 16.8. The van der Waals surface area contributed by atoms with Crippen LogP contribution in [0.15, 0.2) is 24.3 Å². The third-order valence-electron chi connectivity index (χ3n) is 4.37. The number of rotatable bonds is 6. The maximum Gasteiger partial charge on any atom is 0.225 e. The van der Waals surface area contributed by atoms with Crippen molar-refractivity contribution in [2.24, 2.45) is 11.8 Å². The molecule has 0 radical (unpaired) electrons. The smallest absolute Gasteiger partial charge is 0.225 e. The van der Waals surface area contributed by atoms with E-state index in [0.717, 1.165) is 11.3 Å². The number of aliphatic hydroxyl groups is 1. The van der Waals surface area contributed by atoms with E-state index in [2.05, 4.69) is 5.32 Å². The SMILES string of the molecule is CNC(=O)[C@@H]1CN(C(=O)CCc2cccc(OC)c2)C[C@H]1CO. The number of hydrogen-bond donors (Lipinski definition) is 2. The normalized spacial score (nSPS) is 20.4. The molecule has 2 atom stereocenters. The van der Waals surface area contributed by atoms with Crippen LogP contribution in [0.2, 0.25) is 0 Å². The summed E-state index contributed by atoms with van der Waals surface area (Å²) in [5.74, 6) is 0.155. The Balaban J connectivity index is 1.92. The highest BCUT2D eigenvalue weighted by atomic mass is 16.5. The molecule has 1 heterocycles. The van der Waals surface area contributed by atoms with Gasteiger partial charge in [0.15, 0.2) is 0 Å². The number of aryl methyl sites for hydroxylation is 1. The zero-order valence-corrected chi connectivity index (χ0v) is 13.6. The Labute approximate surface area is 136 Å². The highest BCUT2D eigenvalue weighted by molar-refractivity contribution is 5.82. The van der Waals surface area contributed by atoms with Gasteiger partial charge < -0.3 is 20.1 Å². The minimum atomic E-state index is -0.328. The van der Waals surface area contributed by atoms with Crippen LogP contribution in [0.1, 0.15) is 12.0 Å². The van der Waals surface area contributed by atoms with E-state index in [0.29, 0.717) is 25.9 Å². The average Bonchev–Trinajstić information content (AvgIpc) is 3.03. The fraction of sp³-hybridized carbons (Fsp3) is 0.529. The number of aliphatic hydroxyl groups excluding tert-OH is 1. The number of benzene rings is 1. The molecule has 1 saturated heterocycles.